The van der Waals surface area contributed by atoms with Crippen molar-refractivity contribution in [2.45, 2.75) is 32.9 Å². The second kappa shape index (κ2) is 6.15. The third-order valence-corrected chi connectivity index (χ3v) is 2.18. The van der Waals surface area contributed by atoms with E-state index in [1.54, 1.807) is 6.07 Å². The van der Waals surface area contributed by atoms with Crippen LogP contribution in [0.3, 0.4) is 0 Å². The van der Waals surface area contributed by atoms with Gasteiger partial charge in [-0.05, 0) is 18.4 Å². The maximum absolute atomic E-state index is 11.0. The van der Waals surface area contributed by atoms with E-state index in [4.69, 9.17) is 10.2 Å². The lowest BCUT2D eigenvalue weighted by atomic mass is 10.0. The Balaban J connectivity index is 2.74. The van der Waals surface area contributed by atoms with Gasteiger partial charge in [0.1, 0.15) is 6.04 Å². The van der Waals surface area contributed by atoms with E-state index in [0.717, 1.165) is 0 Å². The number of nitrogens with one attached hydrogen (secondary N) is 1. The minimum atomic E-state index is -0.934. The second-order valence-electron chi connectivity index (χ2n) is 4.19. The molecule has 1 heterocycles. The third kappa shape index (κ3) is 4.36. The zero-order valence-electron chi connectivity index (χ0n) is 9.92. The monoisotopic (exact) mass is 239 g/mol. The van der Waals surface area contributed by atoms with Crippen molar-refractivity contribution in [3.63, 3.8) is 0 Å². The fourth-order valence-corrected chi connectivity index (χ4v) is 1.40. The Hall–Kier alpha value is -1.69. The van der Waals surface area contributed by atoms with Gasteiger partial charge in [0.15, 0.2) is 0 Å². The van der Waals surface area contributed by atoms with Crippen molar-refractivity contribution in [3.05, 3.63) is 18.0 Å². The lowest BCUT2D eigenvalue weighted by molar-refractivity contribution is -0.138. The Morgan fingerprint density at radius 2 is 2.24 bits per heavy atom. The van der Waals surface area contributed by atoms with Crippen molar-refractivity contribution in [2.24, 2.45) is 5.92 Å². The number of anilines is 1. The Morgan fingerprint density at radius 1 is 1.53 bits per heavy atom. The van der Waals surface area contributed by atoms with Crippen LogP contribution in [-0.2, 0) is 11.4 Å². The van der Waals surface area contributed by atoms with Crippen molar-refractivity contribution < 1.29 is 15.0 Å². The topological polar surface area (TPSA) is 95.3 Å². The van der Waals surface area contributed by atoms with Gasteiger partial charge in [-0.15, -0.1) is 0 Å². The highest BCUT2D eigenvalue weighted by Crippen LogP contribution is 2.10. The number of carboxylic acids is 1. The summed E-state index contributed by atoms with van der Waals surface area (Å²) < 4.78 is 0. The molecule has 0 aliphatic carbocycles. The number of aliphatic hydroxyl groups excluding tert-OH is 1. The van der Waals surface area contributed by atoms with Gasteiger partial charge in [0.2, 0.25) is 5.95 Å². The van der Waals surface area contributed by atoms with Crippen LogP contribution in [0.5, 0.6) is 0 Å². The van der Waals surface area contributed by atoms with Crippen LogP contribution in [0, 0.1) is 5.92 Å². The fourth-order valence-electron chi connectivity index (χ4n) is 1.40. The average molecular weight is 239 g/mol. The van der Waals surface area contributed by atoms with E-state index in [2.05, 4.69) is 15.3 Å². The van der Waals surface area contributed by atoms with E-state index in [-0.39, 0.29) is 18.5 Å². The number of carbonyl (C=O) groups is 1. The molecule has 0 amide bonds. The molecule has 0 aliphatic rings. The predicted octanol–water partition coefficient (Wildman–Crippen LogP) is 0.880. The molecule has 0 radical (unpaired) electrons. The van der Waals surface area contributed by atoms with Crippen LogP contribution in [0.4, 0.5) is 5.95 Å². The first-order valence-corrected chi connectivity index (χ1v) is 5.45. The van der Waals surface area contributed by atoms with Gasteiger partial charge in [-0.25, -0.2) is 14.8 Å². The summed E-state index contributed by atoms with van der Waals surface area (Å²) in [6, 6.07) is 0.854. The number of rotatable bonds is 6. The van der Waals surface area contributed by atoms with Crippen LogP contribution in [0.25, 0.3) is 0 Å². The second-order valence-corrected chi connectivity index (χ2v) is 4.19. The number of carboxylic acid groups (broad SMARTS) is 1. The van der Waals surface area contributed by atoms with Gasteiger partial charge in [0.25, 0.3) is 0 Å². The number of aromatic nitrogens is 2. The molecular formula is C11H17N3O3. The molecule has 0 spiro atoms. The number of hydrogen-bond acceptors (Lipinski definition) is 5. The Morgan fingerprint density at radius 3 is 2.76 bits per heavy atom. The van der Waals surface area contributed by atoms with Gasteiger partial charge in [0.05, 0.1) is 12.3 Å². The van der Waals surface area contributed by atoms with Gasteiger partial charge in [-0.1, -0.05) is 13.8 Å². The largest absolute Gasteiger partial charge is 0.480 e. The summed E-state index contributed by atoms with van der Waals surface area (Å²) in [5.74, 6) is -0.453. The number of aliphatic carboxylic acids is 1. The summed E-state index contributed by atoms with van der Waals surface area (Å²) >= 11 is 0. The van der Waals surface area contributed by atoms with E-state index in [1.165, 1.54) is 6.20 Å². The standard InChI is InChI=1S/C11H17N3O3/c1-7(2)5-9(10(16)17)14-11-12-4-3-8(6-15)13-11/h3-4,7,9,15H,5-6H2,1-2H3,(H,16,17)(H,12,13,14)/t9-/m0/s1. The summed E-state index contributed by atoms with van der Waals surface area (Å²) in [5.41, 5.74) is 0.455. The van der Waals surface area contributed by atoms with Crippen LogP contribution in [0.1, 0.15) is 26.0 Å². The molecule has 17 heavy (non-hydrogen) atoms. The number of aliphatic hydroxyl groups is 1. The zero-order valence-corrected chi connectivity index (χ0v) is 9.92. The molecule has 0 fully saturated rings. The molecular weight excluding hydrogens is 222 g/mol. The summed E-state index contributed by atoms with van der Waals surface area (Å²) in [4.78, 5) is 18.9. The van der Waals surface area contributed by atoms with Crippen LogP contribution in [-0.4, -0.2) is 32.2 Å². The number of hydrogen-bond donors (Lipinski definition) is 3. The van der Waals surface area contributed by atoms with E-state index in [0.29, 0.717) is 12.1 Å². The quantitative estimate of drug-likeness (QED) is 0.682. The van der Waals surface area contributed by atoms with Gasteiger partial charge in [-0.2, -0.15) is 0 Å². The van der Waals surface area contributed by atoms with Gasteiger partial charge in [-0.3, -0.25) is 0 Å². The van der Waals surface area contributed by atoms with Crippen LogP contribution in [0.2, 0.25) is 0 Å². The SMILES string of the molecule is CC(C)C[C@H](Nc1nccc(CO)n1)C(=O)O. The van der Waals surface area contributed by atoms with E-state index in [1.807, 2.05) is 13.8 Å². The molecule has 6 heteroatoms. The van der Waals surface area contributed by atoms with E-state index >= 15 is 0 Å². The summed E-state index contributed by atoms with van der Waals surface area (Å²) in [6.45, 7) is 3.70. The molecule has 1 rings (SSSR count). The molecule has 0 aliphatic heterocycles. The van der Waals surface area contributed by atoms with Crippen LogP contribution >= 0.6 is 0 Å². The highest BCUT2D eigenvalue weighted by molar-refractivity contribution is 5.76. The Bertz CT molecular complexity index is 382. The highest BCUT2D eigenvalue weighted by Gasteiger charge is 2.19. The molecule has 0 aromatic carbocycles. The zero-order chi connectivity index (χ0) is 12.8. The molecule has 0 unspecified atom stereocenters. The third-order valence-electron chi connectivity index (χ3n) is 2.18. The van der Waals surface area contributed by atoms with Gasteiger partial charge in [0, 0.05) is 6.20 Å². The molecule has 1 aromatic heterocycles. The molecule has 94 valence electrons. The first-order valence-electron chi connectivity index (χ1n) is 5.45. The van der Waals surface area contributed by atoms with Crippen LogP contribution in [0.15, 0.2) is 12.3 Å². The van der Waals surface area contributed by atoms with Crippen LogP contribution < -0.4 is 5.32 Å². The van der Waals surface area contributed by atoms with E-state index in [9.17, 15) is 4.79 Å². The number of nitrogens with zero attached hydrogens (tertiary/aromatic N) is 2. The first-order chi connectivity index (χ1) is 8.02. The maximum Gasteiger partial charge on any atom is 0.326 e. The highest BCUT2D eigenvalue weighted by atomic mass is 16.4. The normalized spacial score (nSPS) is 12.5. The smallest absolute Gasteiger partial charge is 0.326 e. The average Bonchev–Trinajstić information content (AvgIpc) is 2.27. The van der Waals surface area contributed by atoms with Crippen molar-refractivity contribution in [2.75, 3.05) is 5.32 Å². The Kier molecular flexibility index (Phi) is 4.84. The minimum Gasteiger partial charge on any atom is -0.480 e. The van der Waals surface area contributed by atoms with Crippen molar-refractivity contribution in [1.82, 2.24) is 9.97 Å². The Labute approximate surface area is 99.7 Å². The van der Waals surface area contributed by atoms with Crippen molar-refractivity contribution >= 4 is 11.9 Å². The van der Waals surface area contributed by atoms with Crippen molar-refractivity contribution in [1.29, 1.82) is 0 Å². The molecule has 0 saturated heterocycles. The minimum absolute atomic E-state index is 0.195. The summed E-state index contributed by atoms with van der Waals surface area (Å²) in [5, 5.41) is 20.7. The summed E-state index contributed by atoms with van der Waals surface area (Å²) in [7, 11) is 0. The van der Waals surface area contributed by atoms with Gasteiger partial charge >= 0.3 is 5.97 Å². The first kappa shape index (κ1) is 13.4. The molecule has 3 N–H and O–H groups in total. The van der Waals surface area contributed by atoms with E-state index < -0.39 is 12.0 Å². The predicted molar refractivity (Wildman–Crippen MR) is 62.5 cm³/mol. The van der Waals surface area contributed by atoms with Crippen molar-refractivity contribution in [3.8, 4) is 0 Å². The molecule has 0 bridgehead atoms. The molecule has 1 aromatic rings. The van der Waals surface area contributed by atoms with Gasteiger partial charge < -0.3 is 15.5 Å². The molecule has 6 nitrogen and oxygen atoms in total. The maximum atomic E-state index is 11.0. The summed E-state index contributed by atoms with van der Waals surface area (Å²) in [6.07, 6.45) is 1.97. The molecule has 1 atom stereocenters. The molecule has 0 saturated carbocycles. The fraction of sp³-hybridized carbons (Fsp3) is 0.545. The lowest BCUT2D eigenvalue weighted by Crippen LogP contribution is -2.31. The lowest BCUT2D eigenvalue weighted by Gasteiger charge is -2.16.